The third-order valence-corrected chi connectivity index (χ3v) is 6.67. The first-order valence-electron chi connectivity index (χ1n) is 8.70. The van der Waals surface area contributed by atoms with Crippen molar-refractivity contribution in [1.82, 2.24) is 29.6 Å². The predicted molar refractivity (Wildman–Crippen MR) is 115 cm³/mol. The molecular weight excluding hydrogens is 412 g/mol. The molecule has 28 heavy (non-hydrogen) atoms. The van der Waals surface area contributed by atoms with E-state index in [0.29, 0.717) is 5.02 Å². The van der Waals surface area contributed by atoms with E-state index < -0.39 is 0 Å². The van der Waals surface area contributed by atoms with E-state index in [-0.39, 0.29) is 6.04 Å². The summed E-state index contributed by atoms with van der Waals surface area (Å²) in [5.74, 6) is 0.863. The SMILES string of the molecule is Cc1cc2c(Sc3nnc(C(C)N(C)C)n3-c3ccc(Cl)cc3)ncnc2s1. The van der Waals surface area contributed by atoms with E-state index in [1.165, 1.54) is 16.6 Å². The second kappa shape index (κ2) is 7.79. The highest BCUT2D eigenvalue weighted by Crippen LogP contribution is 2.36. The molecule has 3 heterocycles. The van der Waals surface area contributed by atoms with Gasteiger partial charge in [0, 0.05) is 21.0 Å². The van der Waals surface area contributed by atoms with Gasteiger partial charge < -0.3 is 0 Å². The number of aryl methyl sites for hydroxylation is 1. The molecule has 4 rings (SSSR count). The van der Waals surface area contributed by atoms with E-state index in [1.54, 1.807) is 17.7 Å². The van der Waals surface area contributed by atoms with Crippen LogP contribution >= 0.6 is 34.7 Å². The molecule has 0 spiro atoms. The van der Waals surface area contributed by atoms with Crippen LogP contribution in [0.5, 0.6) is 0 Å². The number of rotatable bonds is 5. The molecule has 0 amide bonds. The Balaban J connectivity index is 1.83. The molecule has 0 radical (unpaired) electrons. The molecule has 144 valence electrons. The molecule has 4 aromatic rings. The Morgan fingerprint density at radius 2 is 1.89 bits per heavy atom. The van der Waals surface area contributed by atoms with Crippen LogP contribution in [-0.2, 0) is 0 Å². The van der Waals surface area contributed by atoms with Crippen LogP contribution in [-0.4, -0.2) is 43.7 Å². The Morgan fingerprint density at radius 1 is 1.14 bits per heavy atom. The number of halogens is 1. The first-order chi connectivity index (χ1) is 13.4. The molecule has 1 atom stereocenters. The number of fused-ring (bicyclic) bond motifs is 1. The topological polar surface area (TPSA) is 59.7 Å². The van der Waals surface area contributed by atoms with Gasteiger partial charge in [0.15, 0.2) is 5.82 Å². The summed E-state index contributed by atoms with van der Waals surface area (Å²) in [6.45, 7) is 4.18. The van der Waals surface area contributed by atoms with E-state index >= 15 is 0 Å². The molecular formula is C19H19ClN6S2. The Labute approximate surface area is 176 Å². The van der Waals surface area contributed by atoms with Crippen LogP contribution in [0.4, 0.5) is 0 Å². The van der Waals surface area contributed by atoms with Gasteiger partial charge in [-0.2, -0.15) is 0 Å². The summed E-state index contributed by atoms with van der Waals surface area (Å²) in [6, 6.07) is 9.92. The van der Waals surface area contributed by atoms with E-state index in [2.05, 4.69) is 49.5 Å². The third-order valence-electron chi connectivity index (χ3n) is 4.50. The minimum Gasteiger partial charge on any atom is -0.300 e. The van der Waals surface area contributed by atoms with E-state index in [0.717, 1.165) is 31.9 Å². The van der Waals surface area contributed by atoms with Gasteiger partial charge in [-0.25, -0.2) is 9.97 Å². The fourth-order valence-corrected chi connectivity index (χ4v) is 4.75. The van der Waals surface area contributed by atoms with Gasteiger partial charge >= 0.3 is 0 Å². The Hall–Kier alpha value is -2.00. The molecule has 3 aromatic heterocycles. The Morgan fingerprint density at radius 3 is 2.61 bits per heavy atom. The molecule has 0 fully saturated rings. The molecule has 9 heteroatoms. The van der Waals surface area contributed by atoms with Crippen molar-refractivity contribution < 1.29 is 0 Å². The van der Waals surface area contributed by atoms with Crippen LogP contribution in [0.25, 0.3) is 15.9 Å². The second-order valence-electron chi connectivity index (χ2n) is 6.65. The largest absolute Gasteiger partial charge is 0.300 e. The summed E-state index contributed by atoms with van der Waals surface area (Å²) in [5.41, 5.74) is 0.965. The highest BCUT2D eigenvalue weighted by Gasteiger charge is 2.22. The molecule has 1 unspecified atom stereocenters. The van der Waals surface area contributed by atoms with Gasteiger partial charge in [0.1, 0.15) is 16.2 Å². The smallest absolute Gasteiger partial charge is 0.202 e. The zero-order valence-electron chi connectivity index (χ0n) is 15.9. The summed E-state index contributed by atoms with van der Waals surface area (Å²) < 4.78 is 2.07. The zero-order valence-corrected chi connectivity index (χ0v) is 18.3. The average molecular weight is 431 g/mol. The summed E-state index contributed by atoms with van der Waals surface area (Å²) in [6.07, 6.45) is 1.60. The number of nitrogens with zero attached hydrogens (tertiary/aromatic N) is 6. The maximum absolute atomic E-state index is 6.09. The van der Waals surface area contributed by atoms with Gasteiger partial charge in [-0.05, 0) is 70.0 Å². The van der Waals surface area contributed by atoms with Gasteiger partial charge in [0.05, 0.1) is 6.04 Å². The molecule has 0 saturated carbocycles. The Kier molecular flexibility index (Phi) is 5.37. The molecule has 0 aliphatic heterocycles. The summed E-state index contributed by atoms with van der Waals surface area (Å²) in [5, 5.41) is 12.4. The lowest BCUT2D eigenvalue weighted by Crippen LogP contribution is -2.20. The summed E-state index contributed by atoms with van der Waals surface area (Å²) >= 11 is 9.26. The molecule has 1 aromatic carbocycles. The molecule has 0 bridgehead atoms. The van der Waals surface area contributed by atoms with Crippen molar-refractivity contribution in [3.05, 3.63) is 52.4 Å². The normalized spacial score (nSPS) is 12.8. The van der Waals surface area contributed by atoms with Crippen molar-refractivity contribution in [2.75, 3.05) is 14.1 Å². The zero-order chi connectivity index (χ0) is 19.8. The maximum atomic E-state index is 6.09. The third kappa shape index (κ3) is 3.65. The standard InChI is InChI=1S/C19H19ClN6S2/c1-11-9-15-17(27-11)21-10-22-18(15)28-19-24-23-16(12(2)25(3)4)26(19)14-7-5-13(20)6-8-14/h5-10,12H,1-4H3. The van der Waals surface area contributed by atoms with Crippen LogP contribution in [0, 0.1) is 6.92 Å². The highest BCUT2D eigenvalue weighted by atomic mass is 35.5. The van der Waals surface area contributed by atoms with Crippen molar-refractivity contribution in [2.45, 2.75) is 30.1 Å². The van der Waals surface area contributed by atoms with Crippen LogP contribution < -0.4 is 0 Å². The second-order valence-corrected chi connectivity index (χ2v) is 9.28. The molecule has 6 nitrogen and oxygen atoms in total. The van der Waals surface area contributed by atoms with Crippen molar-refractivity contribution in [3.8, 4) is 5.69 Å². The minimum absolute atomic E-state index is 0.0892. The van der Waals surface area contributed by atoms with Gasteiger partial charge in [-0.1, -0.05) is 11.6 Å². The average Bonchev–Trinajstić information content (AvgIpc) is 3.25. The first kappa shape index (κ1) is 19.3. The lowest BCUT2D eigenvalue weighted by Gasteiger charge is -2.20. The van der Waals surface area contributed by atoms with Crippen molar-refractivity contribution >= 4 is 44.9 Å². The fraction of sp³-hybridized carbons (Fsp3) is 0.263. The predicted octanol–water partition coefficient (Wildman–Crippen LogP) is 5.01. The van der Waals surface area contributed by atoms with Crippen LogP contribution in [0.3, 0.4) is 0 Å². The van der Waals surface area contributed by atoms with Crippen molar-refractivity contribution in [3.63, 3.8) is 0 Å². The number of thiophene rings is 1. The van der Waals surface area contributed by atoms with Crippen LogP contribution in [0.2, 0.25) is 5.02 Å². The molecule has 0 aliphatic carbocycles. The lowest BCUT2D eigenvalue weighted by molar-refractivity contribution is 0.305. The van der Waals surface area contributed by atoms with Gasteiger partial charge in [-0.3, -0.25) is 9.47 Å². The fourth-order valence-electron chi connectivity index (χ4n) is 2.80. The lowest BCUT2D eigenvalue weighted by atomic mass is 10.2. The Bertz CT molecular complexity index is 1120. The van der Waals surface area contributed by atoms with Crippen molar-refractivity contribution in [1.29, 1.82) is 0 Å². The van der Waals surface area contributed by atoms with Gasteiger partial charge in [0.25, 0.3) is 0 Å². The molecule has 0 aliphatic rings. The molecule has 0 saturated heterocycles. The number of hydrogen-bond donors (Lipinski definition) is 0. The van der Waals surface area contributed by atoms with E-state index in [4.69, 9.17) is 11.6 Å². The first-order valence-corrected chi connectivity index (χ1v) is 10.7. The minimum atomic E-state index is 0.0892. The highest BCUT2D eigenvalue weighted by molar-refractivity contribution is 7.99. The molecule has 0 N–H and O–H groups in total. The summed E-state index contributed by atoms with van der Waals surface area (Å²) in [4.78, 5) is 13.2. The van der Waals surface area contributed by atoms with Gasteiger partial charge in [-0.15, -0.1) is 21.5 Å². The van der Waals surface area contributed by atoms with Crippen molar-refractivity contribution in [2.24, 2.45) is 0 Å². The van der Waals surface area contributed by atoms with Gasteiger partial charge in [0.2, 0.25) is 5.16 Å². The quantitative estimate of drug-likeness (QED) is 0.415. The number of hydrogen-bond acceptors (Lipinski definition) is 7. The number of aromatic nitrogens is 5. The monoisotopic (exact) mass is 430 g/mol. The van der Waals surface area contributed by atoms with E-state index in [1.807, 2.05) is 38.4 Å². The maximum Gasteiger partial charge on any atom is 0.202 e. The van der Waals surface area contributed by atoms with Crippen LogP contribution in [0.1, 0.15) is 23.7 Å². The summed E-state index contributed by atoms with van der Waals surface area (Å²) in [7, 11) is 4.06. The van der Waals surface area contributed by atoms with E-state index in [9.17, 15) is 0 Å². The van der Waals surface area contributed by atoms with Crippen LogP contribution in [0.15, 0.2) is 46.8 Å². The number of benzene rings is 1.